The molecule has 0 aromatic heterocycles. The number of rotatable bonds is 5. The summed E-state index contributed by atoms with van der Waals surface area (Å²) < 4.78 is 0. The molecule has 0 radical (unpaired) electrons. The Morgan fingerprint density at radius 1 is 1.21 bits per heavy atom. The third-order valence-corrected chi connectivity index (χ3v) is 2.97. The molecule has 1 aromatic carbocycles. The van der Waals surface area contributed by atoms with E-state index in [4.69, 9.17) is 0 Å². The van der Waals surface area contributed by atoms with Crippen LogP contribution >= 0.6 is 0 Å². The van der Waals surface area contributed by atoms with Crippen molar-refractivity contribution in [1.29, 1.82) is 0 Å². The average Bonchev–Trinajstić information content (AvgIpc) is 2.35. The normalized spacial score (nSPS) is 12.1. The van der Waals surface area contributed by atoms with Crippen LogP contribution in [-0.4, -0.2) is 35.8 Å². The summed E-state index contributed by atoms with van der Waals surface area (Å²) in [5.41, 5.74) is 1.04. The summed E-state index contributed by atoms with van der Waals surface area (Å²) >= 11 is 0. The topological polar surface area (TPSA) is 49.4 Å². The monoisotopic (exact) mass is 262 g/mol. The lowest BCUT2D eigenvalue weighted by Crippen LogP contribution is -2.49. The van der Waals surface area contributed by atoms with E-state index in [0.717, 1.165) is 5.56 Å². The zero-order chi connectivity index (χ0) is 14.4. The second-order valence-electron chi connectivity index (χ2n) is 5.00. The predicted octanol–water partition coefficient (Wildman–Crippen LogP) is 1.60. The van der Waals surface area contributed by atoms with Crippen LogP contribution in [0, 0.1) is 0 Å². The van der Waals surface area contributed by atoms with Gasteiger partial charge in [0.15, 0.2) is 0 Å². The van der Waals surface area contributed by atoms with Gasteiger partial charge in [-0.3, -0.25) is 9.59 Å². The van der Waals surface area contributed by atoms with E-state index in [1.165, 1.54) is 11.8 Å². The van der Waals surface area contributed by atoms with Crippen LogP contribution in [0.2, 0.25) is 0 Å². The lowest BCUT2D eigenvalue weighted by Gasteiger charge is -2.27. The van der Waals surface area contributed by atoms with Crippen molar-refractivity contribution in [3.63, 3.8) is 0 Å². The molecule has 4 nitrogen and oxygen atoms in total. The minimum absolute atomic E-state index is 0.0612. The first-order chi connectivity index (χ1) is 8.91. The van der Waals surface area contributed by atoms with E-state index < -0.39 is 6.04 Å². The zero-order valence-corrected chi connectivity index (χ0v) is 12.0. The molecule has 104 valence electrons. The van der Waals surface area contributed by atoms with Gasteiger partial charge in [-0.25, -0.2) is 0 Å². The van der Waals surface area contributed by atoms with Gasteiger partial charge in [0.2, 0.25) is 11.8 Å². The van der Waals surface area contributed by atoms with Crippen LogP contribution in [0.5, 0.6) is 0 Å². The standard InChI is InChI=1S/C15H22N2O2/c1-11(2)16-15(19)14(17(4)12(3)18)10-13-8-6-5-7-9-13/h5-9,11,14H,10H2,1-4H3,(H,16,19). The molecule has 1 N–H and O–H groups in total. The van der Waals surface area contributed by atoms with Crippen LogP contribution in [0.1, 0.15) is 26.3 Å². The first-order valence-corrected chi connectivity index (χ1v) is 6.49. The molecule has 1 atom stereocenters. The maximum absolute atomic E-state index is 12.2. The molecule has 2 amide bonds. The molecule has 4 heteroatoms. The largest absolute Gasteiger partial charge is 0.352 e. The molecule has 0 aliphatic heterocycles. The highest BCUT2D eigenvalue weighted by Crippen LogP contribution is 2.09. The van der Waals surface area contributed by atoms with E-state index >= 15 is 0 Å². The van der Waals surface area contributed by atoms with Crippen LogP contribution in [0.25, 0.3) is 0 Å². The first kappa shape index (κ1) is 15.2. The summed E-state index contributed by atoms with van der Waals surface area (Å²) in [7, 11) is 1.66. The lowest BCUT2D eigenvalue weighted by atomic mass is 10.0. The van der Waals surface area contributed by atoms with E-state index in [9.17, 15) is 9.59 Å². The van der Waals surface area contributed by atoms with Gasteiger partial charge >= 0.3 is 0 Å². The van der Waals surface area contributed by atoms with Crippen molar-refractivity contribution >= 4 is 11.8 Å². The highest BCUT2D eigenvalue weighted by atomic mass is 16.2. The number of hydrogen-bond acceptors (Lipinski definition) is 2. The van der Waals surface area contributed by atoms with Gasteiger partial charge in [0.25, 0.3) is 0 Å². The second kappa shape index (κ2) is 6.92. The Labute approximate surface area is 114 Å². The minimum Gasteiger partial charge on any atom is -0.352 e. The van der Waals surface area contributed by atoms with Crippen LogP contribution in [0.3, 0.4) is 0 Å². The molecule has 1 rings (SSSR count). The second-order valence-corrected chi connectivity index (χ2v) is 5.00. The molecule has 0 fully saturated rings. The van der Waals surface area contributed by atoms with Crippen molar-refractivity contribution in [2.75, 3.05) is 7.05 Å². The van der Waals surface area contributed by atoms with E-state index in [1.54, 1.807) is 7.05 Å². The molecule has 0 saturated heterocycles. The fourth-order valence-electron chi connectivity index (χ4n) is 1.84. The number of hydrogen-bond donors (Lipinski definition) is 1. The Morgan fingerprint density at radius 3 is 2.26 bits per heavy atom. The minimum atomic E-state index is -0.470. The van der Waals surface area contributed by atoms with Gasteiger partial charge in [0.1, 0.15) is 6.04 Å². The number of amides is 2. The molecule has 0 saturated carbocycles. The highest BCUT2D eigenvalue weighted by Gasteiger charge is 2.25. The Balaban J connectivity index is 2.86. The van der Waals surface area contributed by atoms with Gasteiger partial charge in [-0.15, -0.1) is 0 Å². The zero-order valence-electron chi connectivity index (χ0n) is 12.0. The fourth-order valence-corrected chi connectivity index (χ4v) is 1.84. The Bertz CT molecular complexity index is 429. The number of carbonyl (C=O) groups excluding carboxylic acids is 2. The van der Waals surface area contributed by atoms with Crippen molar-refractivity contribution in [2.45, 2.75) is 39.3 Å². The fraction of sp³-hybridized carbons (Fsp3) is 0.467. The van der Waals surface area contributed by atoms with Crippen LogP contribution in [0.4, 0.5) is 0 Å². The molecule has 0 heterocycles. The SMILES string of the molecule is CC(=O)N(C)C(Cc1ccccc1)C(=O)NC(C)C. The summed E-state index contributed by atoms with van der Waals surface area (Å²) in [6.45, 7) is 5.29. The van der Waals surface area contributed by atoms with Gasteiger partial charge < -0.3 is 10.2 Å². The molecule has 0 aliphatic rings. The lowest BCUT2D eigenvalue weighted by molar-refractivity contribution is -0.137. The molecular formula is C15H22N2O2. The maximum Gasteiger partial charge on any atom is 0.243 e. The number of nitrogens with zero attached hydrogens (tertiary/aromatic N) is 1. The van der Waals surface area contributed by atoms with Crippen LogP contribution < -0.4 is 5.32 Å². The Kier molecular flexibility index (Phi) is 5.55. The highest BCUT2D eigenvalue weighted by molar-refractivity contribution is 5.87. The quantitative estimate of drug-likeness (QED) is 0.876. The summed E-state index contributed by atoms with van der Waals surface area (Å²) in [5, 5.41) is 2.87. The smallest absolute Gasteiger partial charge is 0.243 e. The van der Waals surface area contributed by atoms with Crippen molar-refractivity contribution in [3.8, 4) is 0 Å². The third-order valence-electron chi connectivity index (χ3n) is 2.97. The van der Waals surface area contributed by atoms with Gasteiger partial charge in [0.05, 0.1) is 0 Å². The number of carbonyl (C=O) groups is 2. The van der Waals surface area contributed by atoms with E-state index in [1.807, 2.05) is 44.2 Å². The number of benzene rings is 1. The van der Waals surface area contributed by atoms with Crippen molar-refractivity contribution in [1.82, 2.24) is 10.2 Å². The van der Waals surface area contributed by atoms with Crippen molar-refractivity contribution in [3.05, 3.63) is 35.9 Å². The van der Waals surface area contributed by atoms with Gasteiger partial charge in [-0.1, -0.05) is 30.3 Å². The van der Waals surface area contributed by atoms with Gasteiger partial charge in [0, 0.05) is 26.4 Å². The molecule has 1 unspecified atom stereocenters. The van der Waals surface area contributed by atoms with Crippen molar-refractivity contribution in [2.24, 2.45) is 0 Å². The van der Waals surface area contributed by atoms with E-state index in [0.29, 0.717) is 6.42 Å². The van der Waals surface area contributed by atoms with Gasteiger partial charge in [-0.2, -0.15) is 0 Å². The van der Waals surface area contributed by atoms with Crippen LogP contribution in [-0.2, 0) is 16.0 Å². The molecule has 19 heavy (non-hydrogen) atoms. The summed E-state index contributed by atoms with van der Waals surface area (Å²) in [6, 6.07) is 9.31. The molecule has 1 aromatic rings. The predicted molar refractivity (Wildman–Crippen MR) is 75.7 cm³/mol. The summed E-state index contributed by atoms with van der Waals surface area (Å²) in [6.07, 6.45) is 0.523. The van der Waals surface area contributed by atoms with Crippen LogP contribution in [0.15, 0.2) is 30.3 Å². The third kappa shape index (κ3) is 4.73. The summed E-state index contributed by atoms with van der Waals surface area (Å²) in [5.74, 6) is -0.226. The molecule has 0 spiro atoms. The van der Waals surface area contributed by atoms with E-state index in [2.05, 4.69) is 5.32 Å². The van der Waals surface area contributed by atoms with Gasteiger partial charge in [-0.05, 0) is 19.4 Å². The number of likely N-dealkylation sites (N-methyl/N-ethyl adjacent to an activating group) is 1. The van der Waals surface area contributed by atoms with E-state index in [-0.39, 0.29) is 17.9 Å². The molecular weight excluding hydrogens is 240 g/mol. The average molecular weight is 262 g/mol. The first-order valence-electron chi connectivity index (χ1n) is 6.49. The molecule has 0 aliphatic carbocycles. The maximum atomic E-state index is 12.2. The van der Waals surface area contributed by atoms with Crippen molar-refractivity contribution < 1.29 is 9.59 Å². The summed E-state index contributed by atoms with van der Waals surface area (Å²) in [4.78, 5) is 25.2. The molecule has 0 bridgehead atoms. The number of nitrogens with one attached hydrogen (secondary N) is 1. The Morgan fingerprint density at radius 2 is 1.79 bits per heavy atom. The Hall–Kier alpha value is -1.84.